The second kappa shape index (κ2) is 4.52. The van der Waals surface area contributed by atoms with Crippen molar-refractivity contribution in [2.24, 2.45) is 11.8 Å². The van der Waals surface area contributed by atoms with Gasteiger partial charge in [0, 0.05) is 6.20 Å². The monoisotopic (exact) mass is 227 g/mol. The summed E-state index contributed by atoms with van der Waals surface area (Å²) in [6.45, 7) is 4.64. The van der Waals surface area contributed by atoms with Gasteiger partial charge in [0.05, 0.1) is 17.6 Å². The predicted octanol–water partition coefficient (Wildman–Crippen LogP) is 3.01. The van der Waals surface area contributed by atoms with E-state index in [4.69, 9.17) is 11.6 Å². The highest BCUT2D eigenvalue weighted by Crippen LogP contribution is 2.35. The molecule has 0 aromatic carbocycles. The van der Waals surface area contributed by atoms with Crippen LogP contribution in [0.3, 0.4) is 0 Å². The molecule has 0 N–H and O–H groups in total. The van der Waals surface area contributed by atoms with Crippen LogP contribution in [0.5, 0.6) is 0 Å². The molecule has 1 fully saturated rings. The third kappa shape index (κ3) is 2.51. The summed E-state index contributed by atoms with van der Waals surface area (Å²) in [6.07, 6.45) is 5.76. The second-order valence-electron chi connectivity index (χ2n) is 4.89. The van der Waals surface area contributed by atoms with Crippen LogP contribution in [0.25, 0.3) is 0 Å². The zero-order valence-corrected chi connectivity index (χ0v) is 10.1. The van der Waals surface area contributed by atoms with Crippen molar-refractivity contribution in [1.82, 2.24) is 15.0 Å². The summed E-state index contributed by atoms with van der Waals surface area (Å²) in [4.78, 5) is 0. The van der Waals surface area contributed by atoms with Crippen LogP contribution >= 0.6 is 11.6 Å². The average molecular weight is 228 g/mol. The van der Waals surface area contributed by atoms with E-state index in [0.29, 0.717) is 11.9 Å². The highest BCUT2D eigenvalue weighted by Gasteiger charge is 2.25. The lowest BCUT2D eigenvalue weighted by atomic mass is 9.80. The molecule has 1 saturated carbocycles. The lowest BCUT2D eigenvalue weighted by Gasteiger charge is -2.31. The number of aromatic nitrogens is 3. The Hall–Kier alpha value is -0.570. The lowest BCUT2D eigenvalue weighted by Crippen LogP contribution is -2.23. The summed E-state index contributed by atoms with van der Waals surface area (Å²) in [5.41, 5.74) is 0.877. The first-order valence-corrected chi connectivity index (χ1v) is 6.19. The van der Waals surface area contributed by atoms with Crippen molar-refractivity contribution >= 4 is 11.6 Å². The normalized spacial score (nSPS) is 31.8. The fraction of sp³-hybridized carbons (Fsp3) is 0.818. The van der Waals surface area contributed by atoms with E-state index in [0.717, 1.165) is 17.5 Å². The van der Waals surface area contributed by atoms with Crippen molar-refractivity contribution in [2.45, 2.75) is 45.0 Å². The van der Waals surface area contributed by atoms with Crippen molar-refractivity contribution < 1.29 is 0 Å². The second-order valence-corrected chi connectivity index (χ2v) is 5.16. The van der Waals surface area contributed by atoms with E-state index in [1.54, 1.807) is 0 Å². The minimum absolute atomic E-state index is 0.456. The van der Waals surface area contributed by atoms with Crippen molar-refractivity contribution in [1.29, 1.82) is 0 Å². The Bertz CT molecular complexity index is 313. The topological polar surface area (TPSA) is 30.7 Å². The molecule has 2 unspecified atom stereocenters. The first-order chi connectivity index (χ1) is 7.19. The number of halogens is 1. The van der Waals surface area contributed by atoms with Gasteiger partial charge < -0.3 is 0 Å². The molecule has 1 aliphatic carbocycles. The molecule has 0 radical (unpaired) electrons. The van der Waals surface area contributed by atoms with E-state index in [-0.39, 0.29) is 0 Å². The van der Waals surface area contributed by atoms with Gasteiger partial charge in [0.1, 0.15) is 0 Å². The maximum Gasteiger partial charge on any atom is 0.0974 e. The molecule has 3 nitrogen and oxygen atoms in total. The van der Waals surface area contributed by atoms with Gasteiger partial charge in [-0.1, -0.05) is 19.1 Å². The Morgan fingerprint density at radius 1 is 1.33 bits per heavy atom. The Labute approximate surface area is 95.8 Å². The molecule has 4 heteroatoms. The Balaban J connectivity index is 2.09. The molecule has 1 aliphatic rings. The van der Waals surface area contributed by atoms with Crippen LogP contribution in [0.15, 0.2) is 6.20 Å². The van der Waals surface area contributed by atoms with E-state index in [2.05, 4.69) is 24.2 Å². The number of hydrogen-bond donors (Lipinski definition) is 0. The molecular weight excluding hydrogens is 210 g/mol. The molecule has 1 aromatic heterocycles. The SMILES string of the molecule is CC1CC(C)CC(n2cc(CCl)nn2)C1. The number of hydrogen-bond acceptors (Lipinski definition) is 2. The number of alkyl halides is 1. The highest BCUT2D eigenvalue weighted by atomic mass is 35.5. The van der Waals surface area contributed by atoms with Gasteiger partial charge in [-0.3, -0.25) is 0 Å². The average Bonchev–Trinajstić information content (AvgIpc) is 2.64. The van der Waals surface area contributed by atoms with E-state index in [1.165, 1.54) is 19.3 Å². The van der Waals surface area contributed by atoms with E-state index < -0.39 is 0 Å². The molecule has 0 saturated heterocycles. The van der Waals surface area contributed by atoms with E-state index in [9.17, 15) is 0 Å². The highest BCUT2D eigenvalue weighted by molar-refractivity contribution is 6.16. The molecule has 2 rings (SSSR count). The molecule has 0 amide bonds. The Kier molecular flexibility index (Phi) is 3.29. The largest absolute Gasteiger partial charge is 0.249 e. The van der Waals surface area contributed by atoms with Crippen molar-refractivity contribution in [3.8, 4) is 0 Å². The van der Waals surface area contributed by atoms with Gasteiger partial charge in [0.25, 0.3) is 0 Å². The minimum Gasteiger partial charge on any atom is -0.249 e. The van der Waals surface area contributed by atoms with Crippen LogP contribution < -0.4 is 0 Å². The molecule has 1 aromatic rings. The van der Waals surface area contributed by atoms with Gasteiger partial charge >= 0.3 is 0 Å². The van der Waals surface area contributed by atoms with E-state index >= 15 is 0 Å². The van der Waals surface area contributed by atoms with Gasteiger partial charge in [0.2, 0.25) is 0 Å². The van der Waals surface area contributed by atoms with Gasteiger partial charge in [-0.05, 0) is 31.1 Å². The zero-order chi connectivity index (χ0) is 10.8. The first-order valence-electron chi connectivity index (χ1n) is 5.65. The van der Waals surface area contributed by atoms with Crippen LogP contribution in [-0.2, 0) is 5.88 Å². The van der Waals surface area contributed by atoms with Gasteiger partial charge in [-0.15, -0.1) is 16.7 Å². The molecule has 84 valence electrons. The molecule has 2 atom stereocenters. The summed E-state index contributed by atoms with van der Waals surface area (Å²) in [7, 11) is 0. The molecule has 1 heterocycles. The van der Waals surface area contributed by atoms with Crippen LogP contribution in [0.2, 0.25) is 0 Å². The predicted molar refractivity (Wildman–Crippen MR) is 60.8 cm³/mol. The number of nitrogens with zero attached hydrogens (tertiary/aromatic N) is 3. The zero-order valence-electron chi connectivity index (χ0n) is 9.36. The van der Waals surface area contributed by atoms with Gasteiger partial charge in [-0.25, -0.2) is 4.68 Å². The van der Waals surface area contributed by atoms with Crippen molar-refractivity contribution in [2.75, 3.05) is 0 Å². The molecule has 0 spiro atoms. The van der Waals surface area contributed by atoms with Crippen LogP contribution in [-0.4, -0.2) is 15.0 Å². The summed E-state index contributed by atoms with van der Waals surface area (Å²) < 4.78 is 2.00. The molecule has 15 heavy (non-hydrogen) atoms. The summed E-state index contributed by atoms with van der Waals surface area (Å²) >= 11 is 5.72. The van der Waals surface area contributed by atoms with Crippen molar-refractivity contribution in [3.63, 3.8) is 0 Å². The maximum atomic E-state index is 5.72. The van der Waals surface area contributed by atoms with Gasteiger partial charge in [-0.2, -0.15) is 0 Å². The fourth-order valence-electron chi connectivity index (χ4n) is 2.67. The van der Waals surface area contributed by atoms with Crippen molar-refractivity contribution in [3.05, 3.63) is 11.9 Å². The minimum atomic E-state index is 0.456. The lowest BCUT2D eigenvalue weighted by molar-refractivity contribution is 0.208. The number of rotatable bonds is 2. The first kappa shape index (κ1) is 10.9. The third-order valence-corrected chi connectivity index (χ3v) is 3.50. The smallest absolute Gasteiger partial charge is 0.0974 e. The summed E-state index contributed by atoms with van der Waals surface area (Å²) in [5.74, 6) is 2.04. The van der Waals surface area contributed by atoms with Crippen LogP contribution in [0, 0.1) is 11.8 Å². The summed E-state index contributed by atoms with van der Waals surface area (Å²) in [5, 5.41) is 8.20. The molecular formula is C11H18ClN3. The Morgan fingerprint density at radius 2 is 2.00 bits per heavy atom. The maximum absolute atomic E-state index is 5.72. The van der Waals surface area contributed by atoms with E-state index in [1.807, 2.05) is 10.9 Å². The Morgan fingerprint density at radius 3 is 2.53 bits per heavy atom. The van der Waals surface area contributed by atoms with Crippen LogP contribution in [0.4, 0.5) is 0 Å². The molecule has 0 bridgehead atoms. The standard InChI is InChI=1S/C11H18ClN3/c1-8-3-9(2)5-11(4-8)15-7-10(6-12)13-14-15/h7-9,11H,3-6H2,1-2H3. The van der Waals surface area contributed by atoms with Gasteiger partial charge in [0.15, 0.2) is 0 Å². The third-order valence-electron chi connectivity index (χ3n) is 3.22. The quantitative estimate of drug-likeness (QED) is 0.728. The summed E-state index contributed by atoms with van der Waals surface area (Å²) in [6, 6.07) is 0.521. The fourth-order valence-corrected chi connectivity index (χ4v) is 2.80. The van der Waals surface area contributed by atoms with Crippen LogP contribution in [0.1, 0.15) is 44.8 Å². The molecule has 0 aliphatic heterocycles.